The molecule has 2 aromatic heterocycles. The van der Waals surface area contributed by atoms with Crippen LogP contribution in [0, 0.1) is 0 Å². The van der Waals surface area contributed by atoms with Crippen molar-refractivity contribution in [3.63, 3.8) is 0 Å². The van der Waals surface area contributed by atoms with Gasteiger partial charge in [-0.15, -0.1) is 13.2 Å². The Hall–Kier alpha value is -4.17. The lowest BCUT2D eigenvalue weighted by molar-refractivity contribution is -0.274. The molecule has 2 N–H and O–H groups in total. The van der Waals surface area contributed by atoms with Crippen LogP contribution in [0.3, 0.4) is 0 Å². The zero-order valence-corrected chi connectivity index (χ0v) is 26.7. The minimum absolute atomic E-state index is 0.184. The first-order chi connectivity index (χ1) is 23.0. The minimum atomic E-state index is -4.83. The number of hydrogen-bond acceptors (Lipinski definition) is 9. The maximum atomic E-state index is 13.2. The number of para-hydroxylation sites is 1. The first kappa shape index (κ1) is 31.1. The second-order valence-corrected chi connectivity index (χ2v) is 15.2. The van der Waals surface area contributed by atoms with E-state index in [9.17, 15) is 26.4 Å². The van der Waals surface area contributed by atoms with Crippen molar-refractivity contribution in [2.75, 3.05) is 4.90 Å². The van der Waals surface area contributed by atoms with Crippen molar-refractivity contribution in [2.24, 2.45) is 0 Å². The number of pyridine rings is 1. The molecule has 10 nitrogen and oxygen atoms in total. The topological polar surface area (TPSA) is 127 Å². The molecule has 1 amide bonds. The number of nitrogens with zero attached hydrogens (tertiary/aromatic N) is 3. The monoisotopic (exact) mass is 681 g/mol. The van der Waals surface area contributed by atoms with Gasteiger partial charge in [0.2, 0.25) is 10.0 Å². The number of piperidine rings is 1. The molecule has 2 aliphatic carbocycles. The second kappa shape index (κ2) is 11.8. The van der Waals surface area contributed by atoms with Crippen LogP contribution in [0.25, 0.3) is 22.2 Å². The summed E-state index contributed by atoms with van der Waals surface area (Å²) in [6.07, 6.45) is 2.02. The molecule has 0 radical (unpaired) electrons. The van der Waals surface area contributed by atoms with E-state index in [-0.39, 0.29) is 40.9 Å². The van der Waals surface area contributed by atoms with E-state index in [0.29, 0.717) is 25.1 Å². The molecule has 2 saturated carbocycles. The molecule has 2 unspecified atom stereocenters. The second-order valence-electron chi connectivity index (χ2n) is 13.3. The molecular formula is C34H34F3N5O5S. The van der Waals surface area contributed by atoms with Gasteiger partial charge in [0.25, 0.3) is 5.91 Å². The van der Waals surface area contributed by atoms with Crippen LogP contribution in [0.15, 0.2) is 59.1 Å². The summed E-state index contributed by atoms with van der Waals surface area (Å²) in [6, 6.07) is 15.6. The Labute approximate surface area is 275 Å². The van der Waals surface area contributed by atoms with Crippen LogP contribution in [0.4, 0.5) is 19.0 Å². The number of sulfonamides is 1. The average molecular weight is 682 g/mol. The van der Waals surface area contributed by atoms with E-state index >= 15 is 0 Å². The summed E-state index contributed by atoms with van der Waals surface area (Å²) in [5.74, 6) is 0.863. The Balaban J connectivity index is 0.965. The quantitative estimate of drug-likeness (QED) is 0.202. The number of rotatable bonds is 10. The Morgan fingerprint density at radius 3 is 2.44 bits per heavy atom. The lowest BCUT2D eigenvalue weighted by Gasteiger charge is -2.40. The molecule has 252 valence electrons. The van der Waals surface area contributed by atoms with Crippen LogP contribution in [0.2, 0.25) is 0 Å². The number of hydrogen-bond donors (Lipinski definition) is 2. The van der Waals surface area contributed by atoms with Gasteiger partial charge in [-0.3, -0.25) is 4.79 Å². The molecule has 4 heterocycles. The minimum Gasteiger partial charge on any atom is -0.405 e. The molecule has 4 aromatic rings. The predicted octanol–water partition coefficient (Wildman–Crippen LogP) is 6.18. The number of carbonyl (C=O) groups excluding carboxylic acids is 1. The highest BCUT2D eigenvalue weighted by Crippen LogP contribution is 2.46. The third-order valence-corrected chi connectivity index (χ3v) is 11.7. The van der Waals surface area contributed by atoms with Gasteiger partial charge in [-0.2, -0.15) is 0 Å². The molecule has 14 heteroatoms. The van der Waals surface area contributed by atoms with Crippen molar-refractivity contribution >= 4 is 32.7 Å². The Morgan fingerprint density at radius 2 is 1.73 bits per heavy atom. The highest BCUT2D eigenvalue weighted by molar-refractivity contribution is 7.91. The van der Waals surface area contributed by atoms with Gasteiger partial charge in [0, 0.05) is 52.7 Å². The van der Waals surface area contributed by atoms with Gasteiger partial charge in [0.1, 0.15) is 23.0 Å². The summed E-state index contributed by atoms with van der Waals surface area (Å²) < 4.78 is 76.2. The SMILES string of the molecule is O=C(NS(=O)(=O)C1CC1)c1ccc2nc(N3C4CCC3CC(NCc3c(-c5ccccc5OC(F)(F)F)noc3C3CC3)C4)ccc2c1. The Bertz CT molecular complexity index is 1980. The number of alkyl halides is 3. The van der Waals surface area contributed by atoms with Gasteiger partial charge in [-0.1, -0.05) is 17.3 Å². The molecule has 2 saturated heterocycles. The normalized spacial score (nSPS) is 22.6. The Morgan fingerprint density at radius 1 is 0.979 bits per heavy atom. The first-order valence-corrected chi connectivity index (χ1v) is 17.9. The zero-order valence-electron chi connectivity index (χ0n) is 25.9. The third-order valence-electron chi connectivity index (χ3n) is 9.83. The van der Waals surface area contributed by atoms with Gasteiger partial charge >= 0.3 is 6.36 Å². The number of nitrogens with one attached hydrogen (secondary N) is 2. The van der Waals surface area contributed by atoms with E-state index in [0.717, 1.165) is 66.6 Å². The van der Waals surface area contributed by atoms with Gasteiger partial charge in [-0.05, 0) is 93.8 Å². The van der Waals surface area contributed by atoms with E-state index in [1.165, 1.54) is 12.1 Å². The van der Waals surface area contributed by atoms with Gasteiger partial charge < -0.3 is 19.5 Å². The fraction of sp³-hybridized carbons (Fsp3) is 0.441. The molecule has 8 rings (SSSR count). The molecule has 4 fully saturated rings. The van der Waals surface area contributed by atoms with Crippen molar-refractivity contribution in [3.8, 4) is 17.0 Å². The highest BCUT2D eigenvalue weighted by atomic mass is 32.2. The molecule has 2 bridgehead atoms. The number of halogens is 3. The summed E-state index contributed by atoms with van der Waals surface area (Å²) in [7, 11) is -3.64. The summed E-state index contributed by atoms with van der Waals surface area (Å²) >= 11 is 0. The van der Waals surface area contributed by atoms with E-state index in [1.807, 2.05) is 12.1 Å². The fourth-order valence-corrected chi connectivity index (χ4v) is 8.56. The molecule has 0 spiro atoms. The van der Waals surface area contributed by atoms with Gasteiger partial charge in [-0.25, -0.2) is 18.1 Å². The number of fused-ring (bicyclic) bond motifs is 3. The molecule has 2 aliphatic heterocycles. The zero-order chi connectivity index (χ0) is 33.2. The van der Waals surface area contributed by atoms with Crippen molar-refractivity contribution in [2.45, 2.75) is 93.6 Å². The molecule has 2 aromatic carbocycles. The molecule has 2 atom stereocenters. The molecule has 4 aliphatic rings. The van der Waals surface area contributed by atoms with Crippen LogP contribution in [0.1, 0.15) is 79.0 Å². The number of aromatic nitrogens is 2. The standard InChI is InChI=1S/C34H34F3N5O5S/c35-34(36,37)46-29-4-2-1-3-26(29)31-27(32(47-40-31)19-5-6-19)18-38-22-16-23-9-10-24(17-22)42(23)30-14-8-20-15-21(7-13-28(20)39-30)33(43)41-48(44,45)25-11-12-25/h1-4,7-8,13-15,19,22-25,38H,5-6,9-12,16-18H2,(H,41,43). The number of anilines is 1. The molecule has 48 heavy (non-hydrogen) atoms. The van der Waals surface area contributed by atoms with Gasteiger partial charge in [0.15, 0.2) is 0 Å². The van der Waals surface area contributed by atoms with Crippen molar-refractivity contribution in [1.29, 1.82) is 0 Å². The molecular weight excluding hydrogens is 647 g/mol. The van der Waals surface area contributed by atoms with Crippen LogP contribution < -0.4 is 19.7 Å². The average Bonchev–Trinajstić information content (AvgIpc) is 3.99. The fourth-order valence-electron chi connectivity index (χ4n) is 7.26. The summed E-state index contributed by atoms with van der Waals surface area (Å²) in [6.45, 7) is 0.418. The van der Waals surface area contributed by atoms with Crippen molar-refractivity contribution in [1.82, 2.24) is 20.2 Å². The van der Waals surface area contributed by atoms with E-state index in [4.69, 9.17) is 9.51 Å². The summed E-state index contributed by atoms with van der Waals surface area (Å²) in [4.78, 5) is 19.9. The lowest BCUT2D eigenvalue weighted by Crippen LogP contribution is -2.49. The summed E-state index contributed by atoms with van der Waals surface area (Å²) in [5, 5.41) is 8.18. The van der Waals surface area contributed by atoms with Crippen LogP contribution >= 0.6 is 0 Å². The number of carbonyl (C=O) groups is 1. The number of benzene rings is 2. The van der Waals surface area contributed by atoms with Crippen molar-refractivity contribution in [3.05, 3.63) is 71.5 Å². The predicted molar refractivity (Wildman–Crippen MR) is 171 cm³/mol. The summed E-state index contributed by atoms with van der Waals surface area (Å²) in [5.41, 5.74) is 2.38. The van der Waals surface area contributed by atoms with Crippen LogP contribution in [-0.4, -0.2) is 54.2 Å². The van der Waals surface area contributed by atoms with E-state index < -0.39 is 27.5 Å². The Kier molecular flexibility index (Phi) is 7.62. The van der Waals surface area contributed by atoms with Crippen molar-refractivity contribution < 1.29 is 35.6 Å². The maximum Gasteiger partial charge on any atom is 0.573 e. The first-order valence-electron chi connectivity index (χ1n) is 16.3. The van der Waals surface area contributed by atoms with Crippen LogP contribution in [-0.2, 0) is 16.6 Å². The number of amides is 1. The van der Waals surface area contributed by atoms with Gasteiger partial charge in [0.05, 0.1) is 10.8 Å². The lowest BCUT2D eigenvalue weighted by atomic mass is 9.96. The van der Waals surface area contributed by atoms with E-state index in [1.54, 1.807) is 30.3 Å². The van der Waals surface area contributed by atoms with Crippen LogP contribution in [0.5, 0.6) is 5.75 Å². The van der Waals surface area contributed by atoms with E-state index in [2.05, 4.69) is 24.8 Å². The smallest absolute Gasteiger partial charge is 0.405 e. The maximum absolute atomic E-state index is 13.2. The number of ether oxygens (including phenoxy) is 1. The largest absolute Gasteiger partial charge is 0.573 e. The highest BCUT2D eigenvalue weighted by Gasteiger charge is 2.42. The third kappa shape index (κ3) is 6.23.